The van der Waals surface area contributed by atoms with Crippen molar-refractivity contribution < 1.29 is 28.6 Å². The van der Waals surface area contributed by atoms with Gasteiger partial charge in [0.2, 0.25) is 0 Å². The summed E-state index contributed by atoms with van der Waals surface area (Å²) in [4.78, 5) is 38.3. The molecule has 0 aromatic heterocycles. The van der Waals surface area contributed by atoms with E-state index in [9.17, 15) is 14.4 Å². The highest BCUT2D eigenvalue weighted by atomic mass is 16.6. The van der Waals surface area contributed by atoms with Crippen LogP contribution in [0.1, 0.15) is 316 Å². The molecule has 1 unspecified atom stereocenters. The zero-order chi connectivity index (χ0) is 57.1. The molecule has 0 spiro atoms. The van der Waals surface area contributed by atoms with Crippen LogP contribution in [0.4, 0.5) is 0 Å². The van der Waals surface area contributed by atoms with E-state index < -0.39 is 6.10 Å². The van der Waals surface area contributed by atoms with Crippen LogP contribution in [-0.4, -0.2) is 37.2 Å². The van der Waals surface area contributed by atoms with Crippen molar-refractivity contribution in [1.82, 2.24) is 0 Å². The van der Waals surface area contributed by atoms with Gasteiger partial charge in [-0.05, 0) is 103 Å². The number of ether oxygens (including phenoxy) is 3. The summed E-state index contributed by atoms with van der Waals surface area (Å²) in [5.74, 6) is -0.916. The molecule has 0 rings (SSSR count). The van der Waals surface area contributed by atoms with Crippen molar-refractivity contribution in [3.8, 4) is 0 Å². The van der Waals surface area contributed by atoms with Crippen molar-refractivity contribution in [1.29, 1.82) is 0 Å². The first kappa shape index (κ1) is 75.1. The number of hydrogen-bond acceptors (Lipinski definition) is 6. The minimum absolute atomic E-state index is 0.0906. The van der Waals surface area contributed by atoms with Gasteiger partial charge in [0.15, 0.2) is 6.10 Å². The maximum Gasteiger partial charge on any atom is 0.306 e. The molecule has 0 amide bonds. The van der Waals surface area contributed by atoms with E-state index >= 15 is 0 Å². The van der Waals surface area contributed by atoms with Gasteiger partial charge in [0, 0.05) is 19.3 Å². The van der Waals surface area contributed by atoms with Gasteiger partial charge in [0.1, 0.15) is 13.2 Å². The van der Waals surface area contributed by atoms with Crippen LogP contribution in [0.2, 0.25) is 0 Å². The molecule has 6 nitrogen and oxygen atoms in total. The van der Waals surface area contributed by atoms with Crippen LogP contribution in [0.15, 0.2) is 109 Å². The van der Waals surface area contributed by atoms with Crippen molar-refractivity contribution in [2.75, 3.05) is 13.2 Å². The van der Waals surface area contributed by atoms with Crippen molar-refractivity contribution >= 4 is 17.9 Å². The highest BCUT2D eigenvalue weighted by Gasteiger charge is 2.19. The van der Waals surface area contributed by atoms with E-state index in [0.29, 0.717) is 19.3 Å². The molecule has 1 atom stereocenters. The molecule has 0 bridgehead atoms. The first-order valence-corrected chi connectivity index (χ1v) is 33.4. The lowest BCUT2D eigenvalue weighted by atomic mass is 10.0. The Hall–Kier alpha value is -3.93. The zero-order valence-corrected chi connectivity index (χ0v) is 51.9. The van der Waals surface area contributed by atoms with Crippen molar-refractivity contribution in [3.05, 3.63) is 109 Å². The summed E-state index contributed by atoms with van der Waals surface area (Å²) in [5, 5.41) is 0. The zero-order valence-electron chi connectivity index (χ0n) is 51.9. The van der Waals surface area contributed by atoms with E-state index in [2.05, 4.69) is 130 Å². The lowest BCUT2D eigenvalue weighted by Gasteiger charge is -2.18. The maximum atomic E-state index is 12.9. The Labute approximate surface area is 489 Å². The van der Waals surface area contributed by atoms with E-state index in [-0.39, 0.29) is 31.1 Å². The average Bonchev–Trinajstić information content (AvgIpc) is 3.45. The molecular weight excluding hydrogens is 973 g/mol. The van der Waals surface area contributed by atoms with Gasteiger partial charge in [0.05, 0.1) is 0 Å². The normalized spacial score (nSPS) is 12.8. The Balaban J connectivity index is 4.33. The van der Waals surface area contributed by atoms with Gasteiger partial charge >= 0.3 is 17.9 Å². The second-order valence-electron chi connectivity index (χ2n) is 22.0. The van der Waals surface area contributed by atoms with Gasteiger partial charge in [-0.3, -0.25) is 14.4 Å². The highest BCUT2D eigenvalue weighted by Crippen LogP contribution is 2.17. The summed E-state index contributed by atoms with van der Waals surface area (Å²) >= 11 is 0. The smallest absolute Gasteiger partial charge is 0.306 e. The van der Waals surface area contributed by atoms with Gasteiger partial charge in [0.25, 0.3) is 0 Å². The van der Waals surface area contributed by atoms with Gasteiger partial charge in [-0.2, -0.15) is 0 Å². The Morgan fingerprint density at radius 3 is 0.785 bits per heavy atom. The van der Waals surface area contributed by atoms with E-state index in [1.807, 2.05) is 0 Å². The fourth-order valence-corrected chi connectivity index (χ4v) is 9.35. The highest BCUT2D eigenvalue weighted by molar-refractivity contribution is 5.71. The molecule has 0 radical (unpaired) electrons. The topological polar surface area (TPSA) is 78.9 Å². The van der Waals surface area contributed by atoms with Gasteiger partial charge in [-0.25, -0.2) is 0 Å². The minimum Gasteiger partial charge on any atom is -0.462 e. The summed E-state index contributed by atoms with van der Waals surface area (Å²) in [6.07, 6.45) is 91.1. The van der Waals surface area contributed by atoms with E-state index in [0.717, 1.165) is 128 Å². The number of carbonyl (C=O) groups is 3. The predicted molar refractivity (Wildman–Crippen MR) is 343 cm³/mol. The molecule has 0 aliphatic heterocycles. The largest absolute Gasteiger partial charge is 0.462 e. The van der Waals surface area contributed by atoms with Crippen LogP contribution in [0.3, 0.4) is 0 Å². The number of rotatable bonds is 60. The van der Waals surface area contributed by atoms with Crippen LogP contribution < -0.4 is 0 Å². The lowest BCUT2D eigenvalue weighted by molar-refractivity contribution is -0.167. The summed E-state index contributed by atoms with van der Waals surface area (Å²) in [7, 11) is 0. The van der Waals surface area contributed by atoms with Crippen LogP contribution in [0, 0.1) is 0 Å². The molecule has 0 aromatic rings. The van der Waals surface area contributed by atoms with Crippen molar-refractivity contribution in [2.45, 2.75) is 322 Å². The molecule has 0 aliphatic rings. The summed E-state index contributed by atoms with van der Waals surface area (Å²) < 4.78 is 16.9. The number of carbonyl (C=O) groups excluding carboxylic acids is 3. The first-order chi connectivity index (χ1) is 39.0. The lowest BCUT2D eigenvalue weighted by Crippen LogP contribution is -2.30. The third-order valence-electron chi connectivity index (χ3n) is 14.3. The standard InChI is InChI=1S/C73H124O6/c1-4-7-10-13-16-19-22-25-27-29-31-33-34-35-36-37-38-40-41-43-45-48-51-54-57-60-63-66-72(75)78-69-70(68-77-71(74)65-62-59-56-53-50-47-24-21-18-15-12-9-6-3)79-73(76)67-64-61-58-55-52-49-46-44-42-39-32-30-28-26-23-20-17-14-11-8-5-2/h7,9-10,12,16,18-19,21,25,27,31,33,35-36,38,40,47,50,70H,4-6,8,11,13-15,17,20,22-24,26,28-30,32,34,37,39,41-46,48-49,51-69H2,1-3H3/b10-7-,12-9-,19-16-,21-18-,27-25-,33-31-,36-35-,40-38-,50-47-. The number of hydrogen-bond donors (Lipinski definition) is 0. The van der Waals surface area contributed by atoms with Crippen LogP contribution in [0.25, 0.3) is 0 Å². The maximum absolute atomic E-state index is 12.9. The van der Waals surface area contributed by atoms with E-state index in [1.165, 1.54) is 148 Å². The summed E-state index contributed by atoms with van der Waals surface area (Å²) in [5.41, 5.74) is 0. The molecule has 0 saturated carbocycles. The monoisotopic (exact) mass is 1100 g/mol. The fourth-order valence-electron chi connectivity index (χ4n) is 9.35. The third kappa shape index (κ3) is 64.8. The summed E-state index contributed by atoms with van der Waals surface area (Å²) in [6.45, 7) is 6.41. The second-order valence-corrected chi connectivity index (χ2v) is 22.0. The van der Waals surface area contributed by atoms with Crippen molar-refractivity contribution in [3.63, 3.8) is 0 Å². The van der Waals surface area contributed by atoms with Gasteiger partial charge in [-0.15, -0.1) is 0 Å². The molecule has 0 fully saturated rings. The molecule has 79 heavy (non-hydrogen) atoms. The second kappa shape index (κ2) is 66.6. The molecule has 0 N–H and O–H groups in total. The van der Waals surface area contributed by atoms with E-state index in [1.54, 1.807) is 0 Å². The minimum atomic E-state index is -0.795. The molecular formula is C73H124O6. The van der Waals surface area contributed by atoms with Gasteiger partial charge < -0.3 is 14.2 Å². The average molecular weight is 1100 g/mol. The molecule has 0 aliphatic carbocycles. The van der Waals surface area contributed by atoms with Crippen LogP contribution in [0.5, 0.6) is 0 Å². The quantitative estimate of drug-likeness (QED) is 0.0261. The SMILES string of the molecule is CC/C=C\C/C=C\C/C=C\C/C=C\C/C=C\C/C=C\CCCCCCCCCCC(=O)OCC(COC(=O)CCCCC/C=C\C/C=C\C/C=C\CC)OC(=O)CCCCCCCCCCCCCCCCCCCCCCC. The molecule has 452 valence electrons. The Bertz CT molecular complexity index is 1590. The fraction of sp³-hybridized carbons (Fsp3) is 0.712. The van der Waals surface area contributed by atoms with Crippen LogP contribution in [-0.2, 0) is 28.6 Å². The Morgan fingerprint density at radius 1 is 0.266 bits per heavy atom. The first-order valence-electron chi connectivity index (χ1n) is 33.4. The van der Waals surface area contributed by atoms with Crippen LogP contribution >= 0.6 is 0 Å². The number of esters is 3. The molecule has 0 aromatic carbocycles. The van der Waals surface area contributed by atoms with Crippen molar-refractivity contribution in [2.24, 2.45) is 0 Å². The predicted octanol–water partition coefficient (Wildman–Crippen LogP) is 23.0. The Morgan fingerprint density at radius 2 is 0.494 bits per heavy atom. The molecule has 0 heterocycles. The molecule has 6 heteroatoms. The third-order valence-corrected chi connectivity index (χ3v) is 14.3. The number of unbranched alkanes of at least 4 members (excludes halogenated alkanes) is 31. The van der Waals surface area contributed by atoms with Gasteiger partial charge in [-0.1, -0.05) is 304 Å². The number of allylic oxidation sites excluding steroid dienone is 18. The molecule has 0 saturated heterocycles. The van der Waals surface area contributed by atoms with E-state index in [4.69, 9.17) is 14.2 Å². The Kier molecular flexibility index (Phi) is 63.3. The summed E-state index contributed by atoms with van der Waals surface area (Å²) in [6, 6.07) is 0.